The third kappa shape index (κ3) is 2.31. The van der Waals surface area contributed by atoms with Gasteiger partial charge in [-0.1, -0.05) is 30.0 Å². The van der Waals surface area contributed by atoms with Crippen LogP contribution in [-0.2, 0) is 0 Å². The average molecular weight is 269 g/mol. The molecule has 2 aromatic carbocycles. The van der Waals surface area contributed by atoms with Crippen LogP contribution in [0.25, 0.3) is 0 Å². The number of fused-ring (bicyclic) bond motifs is 2. The first kappa shape index (κ1) is 12.1. The standard InChI is InChI=1S/C15H15N3S/c1-10(18-16-2)11-7-8-15-13(9-11)17-12-5-3-4-6-14(12)19-15/h3-9,16-17H,1-2H3/b18-10+. The van der Waals surface area contributed by atoms with Gasteiger partial charge in [0, 0.05) is 16.8 Å². The van der Waals surface area contributed by atoms with Crippen molar-refractivity contribution in [2.75, 3.05) is 12.4 Å². The maximum absolute atomic E-state index is 4.22. The van der Waals surface area contributed by atoms with Crippen molar-refractivity contribution in [2.45, 2.75) is 16.7 Å². The Morgan fingerprint density at radius 3 is 2.74 bits per heavy atom. The quantitative estimate of drug-likeness (QED) is 0.548. The fourth-order valence-corrected chi connectivity index (χ4v) is 3.06. The lowest BCUT2D eigenvalue weighted by Gasteiger charge is -2.21. The van der Waals surface area contributed by atoms with Gasteiger partial charge in [-0.25, -0.2) is 0 Å². The predicted octanol–water partition coefficient (Wildman–Crippen LogP) is 3.84. The van der Waals surface area contributed by atoms with E-state index in [9.17, 15) is 0 Å². The lowest BCUT2D eigenvalue weighted by molar-refractivity contribution is 0.899. The molecular formula is C15H15N3S. The van der Waals surface area contributed by atoms with Crippen molar-refractivity contribution in [1.29, 1.82) is 0 Å². The van der Waals surface area contributed by atoms with Crippen molar-refractivity contribution in [2.24, 2.45) is 5.10 Å². The fourth-order valence-electron chi connectivity index (χ4n) is 2.10. The van der Waals surface area contributed by atoms with Gasteiger partial charge in [-0.3, -0.25) is 0 Å². The Morgan fingerprint density at radius 2 is 1.89 bits per heavy atom. The Morgan fingerprint density at radius 1 is 1.11 bits per heavy atom. The zero-order valence-electron chi connectivity index (χ0n) is 10.9. The molecule has 0 amide bonds. The van der Waals surface area contributed by atoms with Gasteiger partial charge in [-0.05, 0) is 36.8 Å². The number of benzene rings is 2. The number of nitrogens with zero attached hydrogens (tertiary/aromatic N) is 1. The first-order valence-electron chi connectivity index (χ1n) is 6.17. The van der Waals surface area contributed by atoms with Crippen LogP contribution in [0.2, 0.25) is 0 Å². The topological polar surface area (TPSA) is 36.4 Å². The van der Waals surface area contributed by atoms with Gasteiger partial charge in [-0.2, -0.15) is 5.10 Å². The van der Waals surface area contributed by atoms with Gasteiger partial charge in [0.2, 0.25) is 0 Å². The Labute approximate surface area is 117 Å². The van der Waals surface area contributed by atoms with Crippen molar-refractivity contribution in [1.82, 2.24) is 5.43 Å². The SMILES string of the molecule is CN/N=C(\C)c1ccc2c(c1)Nc1ccccc1S2. The Hall–Kier alpha value is -1.94. The molecule has 2 aromatic rings. The summed E-state index contributed by atoms with van der Waals surface area (Å²) in [5.41, 5.74) is 7.24. The molecule has 0 spiro atoms. The second-order valence-electron chi connectivity index (χ2n) is 4.35. The molecule has 0 radical (unpaired) electrons. The molecule has 1 aliphatic rings. The molecular weight excluding hydrogens is 254 g/mol. The minimum Gasteiger partial charge on any atom is -0.354 e. The van der Waals surface area contributed by atoms with Crippen molar-refractivity contribution in [3.05, 3.63) is 48.0 Å². The summed E-state index contributed by atoms with van der Waals surface area (Å²) in [5.74, 6) is 0. The maximum Gasteiger partial charge on any atom is 0.0644 e. The number of para-hydroxylation sites is 1. The van der Waals surface area contributed by atoms with Crippen molar-refractivity contribution < 1.29 is 0 Å². The van der Waals surface area contributed by atoms with Crippen LogP contribution in [0.1, 0.15) is 12.5 Å². The molecule has 0 aromatic heterocycles. The molecule has 3 rings (SSSR count). The minimum atomic E-state index is 0.982. The van der Waals surface area contributed by atoms with Gasteiger partial charge in [0.1, 0.15) is 0 Å². The highest BCUT2D eigenvalue weighted by atomic mass is 32.2. The van der Waals surface area contributed by atoms with Crippen molar-refractivity contribution >= 4 is 28.8 Å². The molecule has 0 bridgehead atoms. The van der Waals surface area contributed by atoms with Crippen molar-refractivity contribution in [3.8, 4) is 0 Å². The molecule has 0 saturated carbocycles. The number of hydrogen-bond donors (Lipinski definition) is 2. The van der Waals surface area contributed by atoms with E-state index < -0.39 is 0 Å². The number of rotatable bonds is 2. The third-order valence-electron chi connectivity index (χ3n) is 3.05. The molecule has 3 nitrogen and oxygen atoms in total. The van der Waals surface area contributed by atoms with Gasteiger partial charge in [-0.15, -0.1) is 0 Å². The van der Waals surface area contributed by atoms with Crippen molar-refractivity contribution in [3.63, 3.8) is 0 Å². The molecule has 0 unspecified atom stereocenters. The largest absolute Gasteiger partial charge is 0.354 e. The molecule has 0 aliphatic carbocycles. The fraction of sp³-hybridized carbons (Fsp3) is 0.133. The number of nitrogens with one attached hydrogen (secondary N) is 2. The van der Waals surface area contributed by atoms with Gasteiger partial charge >= 0.3 is 0 Å². The van der Waals surface area contributed by atoms with Crippen LogP contribution in [0.4, 0.5) is 11.4 Å². The molecule has 19 heavy (non-hydrogen) atoms. The van der Waals surface area contributed by atoms with E-state index in [1.54, 1.807) is 11.8 Å². The molecule has 4 heteroatoms. The second-order valence-corrected chi connectivity index (χ2v) is 5.44. The zero-order valence-corrected chi connectivity index (χ0v) is 11.7. The smallest absolute Gasteiger partial charge is 0.0644 e. The van der Waals surface area contributed by atoms with E-state index in [1.165, 1.54) is 15.5 Å². The number of hydrazone groups is 1. The van der Waals surface area contributed by atoms with Crippen LogP contribution < -0.4 is 10.7 Å². The monoisotopic (exact) mass is 269 g/mol. The highest BCUT2D eigenvalue weighted by molar-refractivity contribution is 7.99. The summed E-state index contributed by atoms with van der Waals surface area (Å²) in [5, 5.41) is 7.70. The summed E-state index contributed by atoms with van der Waals surface area (Å²) >= 11 is 1.80. The molecule has 2 N–H and O–H groups in total. The zero-order chi connectivity index (χ0) is 13.2. The van der Waals surface area contributed by atoms with Gasteiger partial charge in [0.25, 0.3) is 0 Å². The van der Waals surface area contributed by atoms with E-state index in [4.69, 9.17) is 0 Å². The lowest BCUT2D eigenvalue weighted by atomic mass is 10.1. The van der Waals surface area contributed by atoms with Crippen LogP contribution in [0.15, 0.2) is 57.4 Å². The Balaban J connectivity index is 1.98. The summed E-state index contributed by atoms with van der Waals surface area (Å²) in [6.45, 7) is 2.00. The summed E-state index contributed by atoms with van der Waals surface area (Å²) in [7, 11) is 1.81. The first-order chi connectivity index (χ1) is 9.28. The normalized spacial score (nSPS) is 13.3. The lowest BCUT2D eigenvalue weighted by Crippen LogP contribution is -2.05. The third-order valence-corrected chi connectivity index (χ3v) is 4.20. The Bertz CT molecular complexity index is 650. The van der Waals surface area contributed by atoms with Crippen LogP contribution in [0.3, 0.4) is 0 Å². The molecule has 1 heterocycles. The minimum absolute atomic E-state index is 0.982. The van der Waals surface area contributed by atoms with Crippen LogP contribution in [0.5, 0.6) is 0 Å². The number of hydrogen-bond acceptors (Lipinski definition) is 4. The molecule has 1 aliphatic heterocycles. The predicted molar refractivity (Wildman–Crippen MR) is 81.6 cm³/mol. The Kier molecular flexibility index (Phi) is 3.17. The van der Waals surface area contributed by atoms with E-state index >= 15 is 0 Å². The van der Waals surface area contributed by atoms with Gasteiger partial charge in [0.05, 0.1) is 17.1 Å². The number of anilines is 2. The molecule has 0 saturated heterocycles. The van der Waals surface area contributed by atoms with E-state index in [-0.39, 0.29) is 0 Å². The summed E-state index contributed by atoms with van der Waals surface area (Å²) in [6.07, 6.45) is 0. The van der Waals surface area contributed by atoms with Crippen LogP contribution in [-0.4, -0.2) is 12.8 Å². The highest BCUT2D eigenvalue weighted by Crippen LogP contribution is 2.44. The molecule has 96 valence electrons. The average Bonchev–Trinajstić information content (AvgIpc) is 2.44. The van der Waals surface area contributed by atoms with Gasteiger partial charge < -0.3 is 10.7 Å². The van der Waals surface area contributed by atoms with Crippen LogP contribution >= 0.6 is 11.8 Å². The summed E-state index contributed by atoms with van der Waals surface area (Å²) in [4.78, 5) is 2.52. The van der Waals surface area contributed by atoms with E-state index in [1.807, 2.05) is 14.0 Å². The van der Waals surface area contributed by atoms with Gasteiger partial charge in [0.15, 0.2) is 0 Å². The first-order valence-corrected chi connectivity index (χ1v) is 6.99. The summed E-state index contributed by atoms with van der Waals surface area (Å²) in [6, 6.07) is 14.8. The molecule has 0 fully saturated rings. The van der Waals surface area contributed by atoms with Crippen LogP contribution in [0, 0.1) is 0 Å². The van der Waals surface area contributed by atoms with E-state index in [2.05, 4.69) is 58.3 Å². The van der Waals surface area contributed by atoms with E-state index in [0.29, 0.717) is 0 Å². The highest BCUT2D eigenvalue weighted by Gasteiger charge is 2.15. The second kappa shape index (κ2) is 4.97. The maximum atomic E-state index is 4.22. The molecule has 0 atom stereocenters. The van der Waals surface area contributed by atoms with E-state index in [0.717, 1.165) is 17.0 Å². The summed E-state index contributed by atoms with van der Waals surface area (Å²) < 4.78 is 0.